The number of pyridine rings is 3. The van der Waals surface area contributed by atoms with E-state index < -0.39 is 0 Å². The van der Waals surface area contributed by atoms with Gasteiger partial charge in [0, 0.05) is 65.4 Å². The van der Waals surface area contributed by atoms with E-state index in [-0.39, 0.29) is 0 Å². The van der Waals surface area contributed by atoms with Gasteiger partial charge in [-0.15, -0.1) is 0 Å². The largest absolute Gasteiger partial charge is 0.256 e. The maximum atomic E-state index is 5.13. The molecule has 11 rings (SSSR count). The van der Waals surface area contributed by atoms with Crippen molar-refractivity contribution < 1.29 is 0 Å². The summed E-state index contributed by atoms with van der Waals surface area (Å²) in [6.45, 7) is 0. The molecule has 0 saturated carbocycles. The highest BCUT2D eigenvalue weighted by molar-refractivity contribution is 9.11. The minimum Gasteiger partial charge on any atom is -0.256 e. The quantitative estimate of drug-likeness (QED) is 0.137. The van der Waals surface area contributed by atoms with E-state index in [1.807, 2.05) is 48.9 Å². The molecule has 3 nitrogen and oxygen atoms in total. The molecule has 0 aliphatic carbocycles. The Kier molecular flexibility index (Phi) is 12.6. The van der Waals surface area contributed by atoms with Gasteiger partial charge in [0.2, 0.25) is 0 Å². The average Bonchev–Trinajstić information content (AvgIpc) is 3.41. The second-order valence-electron chi connectivity index (χ2n) is 16.8. The summed E-state index contributed by atoms with van der Waals surface area (Å²) in [6.07, 6.45) is 6.03. The van der Waals surface area contributed by atoms with Crippen molar-refractivity contribution >= 4 is 47.8 Å². The smallest absolute Gasteiger partial charge is 0.0709 e. The fourth-order valence-electron chi connectivity index (χ4n) is 9.11. The molecule has 0 aliphatic rings. The van der Waals surface area contributed by atoms with E-state index in [1.54, 1.807) is 0 Å². The van der Waals surface area contributed by atoms with Crippen molar-refractivity contribution in [2.45, 2.75) is 0 Å². The number of rotatable bonds is 10. The van der Waals surface area contributed by atoms with E-state index in [1.165, 1.54) is 0 Å². The second-order valence-corrected chi connectivity index (χ2v) is 19.6. The maximum Gasteiger partial charge on any atom is 0.0709 e. The molecule has 6 heteroatoms. The lowest BCUT2D eigenvalue weighted by Crippen LogP contribution is -1.95. The van der Waals surface area contributed by atoms with Crippen molar-refractivity contribution in [1.29, 1.82) is 0 Å². The third kappa shape index (κ3) is 9.44. The molecule has 0 radical (unpaired) electrons. The maximum absolute atomic E-state index is 5.13. The average molecular weight is 1080 g/mol. The number of hydrogen-bond acceptors (Lipinski definition) is 3. The van der Waals surface area contributed by atoms with Gasteiger partial charge in [-0.05, 0) is 134 Å². The molecular weight excluding hydrogens is 1040 g/mol. The molecule has 0 spiro atoms. The number of halogens is 3. The third-order valence-electron chi connectivity index (χ3n) is 12.4. The van der Waals surface area contributed by atoms with E-state index in [0.717, 1.165) is 125 Å². The standard InChI is InChI=1S/C63H40Br3N3/c64-50-18-10-15-42(34-50)61-29-27-45(38-67-61)53-21-4-6-23-55(53)47-31-48(56-24-7-5-22-54(56)46-28-30-62(68-39-46)43-16-11-19-51(65)35-43)33-49(32-47)57-25-8-9-26-58(57)60-40-69-63(44-17-12-20-52(66)36-44)37-59(60)41-13-2-1-3-14-41/h1-40H. The zero-order valence-corrected chi connectivity index (χ0v) is 41.8. The lowest BCUT2D eigenvalue weighted by molar-refractivity contribution is 1.32. The Bertz CT molecular complexity index is 3490. The predicted molar refractivity (Wildman–Crippen MR) is 297 cm³/mol. The van der Waals surface area contributed by atoms with Gasteiger partial charge < -0.3 is 0 Å². The molecule has 0 aliphatic heterocycles. The van der Waals surface area contributed by atoms with Gasteiger partial charge in [-0.2, -0.15) is 0 Å². The summed E-state index contributed by atoms with van der Waals surface area (Å²) < 4.78 is 3.06. The molecular formula is C63H40Br3N3. The fourth-order valence-corrected chi connectivity index (χ4v) is 10.3. The highest BCUT2D eigenvalue weighted by atomic mass is 79.9. The first-order valence-corrected chi connectivity index (χ1v) is 25.0. The van der Waals surface area contributed by atoms with Crippen LogP contribution in [-0.2, 0) is 0 Å². The van der Waals surface area contributed by atoms with Crippen LogP contribution in [0.25, 0.3) is 112 Å². The second kappa shape index (κ2) is 19.7. The lowest BCUT2D eigenvalue weighted by atomic mass is 9.85. The molecule has 0 N–H and O–H groups in total. The Morgan fingerprint density at radius 1 is 0.203 bits per heavy atom. The van der Waals surface area contributed by atoms with Crippen LogP contribution in [0.15, 0.2) is 256 Å². The van der Waals surface area contributed by atoms with Crippen molar-refractivity contribution in [3.05, 3.63) is 256 Å². The van der Waals surface area contributed by atoms with Gasteiger partial charge in [-0.1, -0.05) is 199 Å². The van der Waals surface area contributed by atoms with Gasteiger partial charge in [0.15, 0.2) is 0 Å². The van der Waals surface area contributed by atoms with Gasteiger partial charge in [0.1, 0.15) is 0 Å². The van der Waals surface area contributed by atoms with Gasteiger partial charge >= 0.3 is 0 Å². The van der Waals surface area contributed by atoms with E-state index in [4.69, 9.17) is 15.0 Å². The Morgan fingerprint density at radius 2 is 0.565 bits per heavy atom. The molecule has 0 fully saturated rings. The monoisotopic (exact) mass is 1080 g/mol. The Labute approximate surface area is 427 Å². The van der Waals surface area contributed by atoms with E-state index in [2.05, 4.69) is 242 Å². The minimum absolute atomic E-state index is 0.909. The summed E-state index contributed by atoms with van der Waals surface area (Å²) in [6, 6.07) is 79.3. The Morgan fingerprint density at radius 3 is 0.986 bits per heavy atom. The topological polar surface area (TPSA) is 38.7 Å². The van der Waals surface area contributed by atoms with Crippen LogP contribution in [0.3, 0.4) is 0 Å². The lowest BCUT2D eigenvalue weighted by Gasteiger charge is -2.19. The van der Waals surface area contributed by atoms with Crippen LogP contribution < -0.4 is 0 Å². The van der Waals surface area contributed by atoms with Crippen LogP contribution in [0.1, 0.15) is 0 Å². The normalized spacial score (nSPS) is 11.1. The fraction of sp³-hybridized carbons (Fsp3) is 0. The van der Waals surface area contributed by atoms with Gasteiger partial charge in [-0.25, -0.2) is 0 Å². The summed E-state index contributed by atoms with van der Waals surface area (Å²) in [4.78, 5) is 15.1. The summed E-state index contributed by atoms with van der Waals surface area (Å²) in [5, 5.41) is 0. The zero-order chi connectivity index (χ0) is 46.7. The highest BCUT2D eigenvalue weighted by Crippen LogP contribution is 2.44. The van der Waals surface area contributed by atoms with Gasteiger partial charge in [-0.3, -0.25) is 15.0 Å². The number of aromatic nitrogens is 3. The first kappa shape index (κ1) is 44.2. The van der Waals surface area contributed by atoms with Crippen LogP contribution in [0.2, 0.25) is 0 Å². The molecule has 8 aromatic carbocycles. The SMILES string of the molecule is Brc1cccc(-c2ccc(-c3ccccc3-c3cc(-c4ccccc4-c4ccc(-c5cccc(Br)c5)nc4)cc(-c4ccccc4-c4cnc(-c5cccc(Br)c5)cc4-c4ccccc4)c3)cn2)c1. The molecule has 69 heavy (non-hydrogen) atoms. The molecule has 0 atom stereocenters. The number of benzene rings is 8. The zero-order valence-electron chi connectivity index (χ0n) is 37.1. The van der Waals surface area contributed by atoms with Gasteiger partial charge in [0.25, 0.3) is 0 Å². The number of nitrogens with zero attached hydrogens (tertiary/aromatic N) is 3. The summed E-state index contributed by atoms with van der Waals surface area (Å²) >= 11 is 10.9. The van der Waals surface area contributed by atoms with Crippen LogP contribution in [0.4, 0.5) is 0 Å². The minimum atomic E-state index is 0.909. The van der Waals surface area contributed by atoms with Crippen molar-refractivity contribution in [1.82, 2.24) is 15.0 Å². The van der Waals surface area contributed by atoms with E-state index in [0.29, 0.717) is 0 Å². The summed E-state index contributed by atoms with van der Waals surface area (Å²) in [7, 11) is 0. The molecule has 11 aromatic rings. The summed E-state index contributed by atoms with van der Waals surface area (Å²) in [5.74, 6) is 0. The van der Waals surface area contributed by atoms with Crippen LogP contribution in [0, 0.1) is 0 Å². The summed E-state index contributed by atoms with van der Waals surface area (Å²) in [5.41, 5.74) is 21.2. The molecule has 0 bridgehead atoms. The molecule has 328 valence electrons. The first-order valence-electron chi connectivity index (χ1n) is 22.6. The van der Waals surface area contributed by atoms with E-state index in [9.17, 15) is 0 Å². The van der Waals surface area contributed by atoms with Crippen molar-refractivity contribution in [3.8, 4) is 112 Å². The Balaban J connectivity index is 1.09. The van der Waals surface area contributed by atoms with Crippen LogP contribution in [0.5, 0.6) is 0 Å². The molecule has 3 heterocycles. The molecule has 0 amide bonds. The number of hydrogen-bond donors (Lipinski definition) is 0. The first-order chi connectivity index (χ1) is 33.9. The predicted octanol–water partition coefficient (Wildman–Crippen LogP) is 18.8. The molecule has 0 saturated heterocycles. The highest BCUT2D eigenvalue weighted by Gasteiger charge is 2.19. The van der Waals surface area contributed by atoms with Crippen molar-refractivity contribution in [2.75, 3.05) is 0 Å². The van der Waals surface area contributed by atoms with Crippen LogP contribution >= 0.6 is 47.8 Å². The van der Waals surface area contributed by atoms with E-state index >= 15 is 0 Å². The van der Waals surface area contributed by atoms with Crippen molar-refractivity contribution in [3.63, 3.8) is 0 Å². The van der Waals surface area contributed by atoms with Crippen molar-refractivity contribution in [2.24, 2.45) is 0 Å². The molecule has 3 aromatic heterocycles. The van der Waals surface area contributed by atoms with Crippen LogP contribution in [-0.4, -0.2) is 15.0 Å². The third-order valence-corrected chi connectivity index (χ3v) is 13.9. The van der Waals surface area contributed by atoms with Gasteiger partial charge in [0.05, 0.1) is 17.1 Å². The molecule has 0 unspecified atom stereocenters. The Hall–Kier alpha value is -7.35.